The maximum Gasteiger partial charge on any atom is 0.257 e. The van der Waals surface area contributed by atoms with Crippen LogP contribution in [0.25, 0.3) is 10.2 Å². The molecule has 0 unspecified atom stereocenters. The molecule has 0 saturated heterocycles. The second kappa shape index (κ2) is 7.45. The minimum absolute atomic E-state index is 0.161. The number of thiazole rings is 1. The fraction of sp³-hybridized carbons (Fsp3) is 0.263. The molecule has 1 heterocycles. The van der Waals surface area contributed by atoms with Crippen molar-refractivity contribution in [1.29, 1.82) is 0 Å². The van der Waals surface area contributed by atoms with Crippen LogP contribution in [0.2, 0.25) is 0 Å². The maximum absolute atomic E-state index is 12.3. The molecular formula is C19H20N2O2S. The Morgan fingerprint density at radius 1 is 1.21 bits per heavy atom. The standard InChI is InChI=1S/C19H20N2O2S/c1-3-4-11-23-15-8-6-14(7-9-15)18(22)21-19-20-16-10-5-13(2)12-17(16)24-19/h5-10,12H,3-4,11H2,1-2H3,(H,20,21,22). The molecule has 4 nitrogen and oxygen atoms in total. The summed E-state index contributed by atoms with van der Waals surface area (Å²) in [5.41, 5.74) is 2.68. The predicted molar refractivity (Wildman–Crippen MR) is 99.2 cm³/mol. The molecule has 24 heavy (non-hydrogen) atoms. The highest BCUT2D eigenvalue weighted by atomic mass is 32.1. The number of benzene rings is 2. The number of fused-ring (bicyclic) bond motifs is 1. The molecule has 0 bridgehead atoms. The highest BCUT2D eigenvalue weighted by Gasteiger charge is 2.10. The highest BCUT2D eigenvalue weighted by Crippen LogP contribution is 2.27. The van der Waals surface area contributed by atoms with Crippen LogP contribution in [-0.4, -0.2) is 17.5 Å². The van der Waals surface area contributed by atoms with E-state index >= 15 is 0 Å². The molecule has 3 rings (SSSR count). The van der Waals surface area contributed by atoms with E-state index in [1.54, 1.807) is 12.1 Å². The van der Waals surface area contributed by atoms with Gasteiger partial charge in [-0.25, -0.2) is 4.98 Å². The van der Waals surface area contributed by atoms with Crippen molar-refractivity contribution in [2.24, 2.45) is 0 Å². The quantitative estimate of drug-likeness (QED) is 0.640. The smallest absolute Gasteiger partial charge is 0.257 e. The Hall–Kier alpha value is -2.40. The number of aromatic nitrogens is 1. The number of nitrogens with one attached hydrogen (secondary N) is 1. The summed E-state index contributed by atoms with van der Waals surface area (Å²) in [6, 6.07) is 13.3. The van der Waals surface area contributed by atoms with E-state index in [1.807, 2.05) is 31.2 Å². The van der Waals surface area contributed by atoms with Crippen molar-refractivity contribution >= 4 is 32.6 Å². The summed E-state index contributed by atoms with van der Waals surface area (Å²) in [6.07, 6.45) is 2.13. The third kappa shape index (κ3) is 3.92. The zero-order valence-corrected chi connectivity index (χ0v) is 14.7. The second-order valence-corrected chi connectivity index (χ2v) is 6.70. The molecule has 0 aliphatic rings. The molecule has 1 amide bonds. The molecule has 2 aromatic carbocycles. The number of unbranched alkanes of at least 4 members (excludes halogenated alkanes) is 1. The van der Waals surface area contributed by atoms with Gasteiger partial charge >= 0.3 is 0 Å². The zero-order chi connectivity index (χ0) is 16.9. The van der Waals surface area contributed by atoms with E-state index in [0.29, 0.717) is 17.3 Å². The van der Waals surface area contributed by atoms with Gasteiger partial charge in [-0.1, -0.05) is 30.7 Å². The minimum Gasteiger partial charge on any atom is -0.494 e. The van der Waals surface area contributed by atoms with Crippen LogP contribution >= 0.6 is 11.3 Å². The van der Waals surface area contributed by atoms with Gasteiger partial charge in [-0.15, -0.1) is 0 Å². The molecule has 0 atom stereocenters. The number of carbonyl (C=O) groups excluding carboxylic acids is 1. The number of ether oxygens (including phenoxy) is 1. The number of anilines is 1. The van der Waals surface area contributed by atoms with Gasteiger partial charge in [-0.2, -0.15) is 0 Å². The van der Waals surface area contributed by atoms with Crippen molar-refractivity contribution in [3.63, 3.8) is 0 Å². The summed E-state index contributed by atoms with van der Waals surface area (Å²) in [4.78, 5) is 16.8. The first-order chi connectivity index (χ1) is 11.7. The first-order valence-electron chi connectivity index (χ1n) is 8.07. The largest absolute Gasteiger partial charge is 0.494 e. The molecule has 0 aliphatic carbocycles. The van der Waals surface area contributed by atoms with E-state index in [4.69, 9.17) is 4.74 Å². The van der Waals surface area contributed by atoms with Crippen LogP contribution in [0.1, 0.15) is 35.7 Å². The average Bonchev–Trinajstić information content (AvgIpc) is 2.97. The fourth-order valence-electron chi connectivity index (χ4n) is 2.29. The molecule has 0 fully saturated rings. The van der Waals surface area contributed by atoms with Crippen LogP contribution in [0, 0.1) is 6.92 Å². The SMILES string of the molecule is CCCCOc1ccc(C(=O)Nc2nc3ccc(C)cc3s2)cc1. The molecule has 124 valence electrons. The van der Waals surface area contributed by atoms with E-state index < -0.39 is 0 Å². The molecule has 0 aliphatic heterocycles. The molecule has 1 N–H and O–H groups in total. The summed E-state index contributed by atoms with van der Waals surface area (Å²) in [6.45, 7) is 4.87. The van der Waals surface area contributed by atoms with Gasteiger partial charge in [-0.05, 0) is 55.3 Å². The van der Waals surface area contributed by atoms with Crippen LogP contribution in [0.3, 0.4) is 0 Å². The number of carbonyl (C=O) groups is 1. The van der Waals surface area contributed by atoms with Gasteiger partial charge < -0.3 is 4.74 Å². The first-order valence-corrected chi connectivity index (χ1v) is 8.89. The molecule has 3 aromatic rings. The Labute approximate surface area is 145 Å². The van der Waals surface area contributed by atoms with Gasteiger partial charge in [0, 0.05) is 5.56 Å². The molecule has 1 aromatic heterocycles. The van der Waals surface area contributed by atoms with Crippen LogP contribution < -0.4 is 10.1 Å². The maximum atomic E-state index is 12.3. The van der Waals surface area contributed by atoms with Crippen molar-refractivity contribution in [1.82, 2.24) is 4.98 Å². The lowest BCUT2D eigenvalue weighted by molar-refractivity contribution is 0.102. The van der Waals surface area contributed by atoms with Gasteiger partial charge in [0.25, 0.3) is 5.91 Å². The van der Waals surface area contributed by atoms with Crippen molar-refractivity contribution < 1.29 is 9.53 Å². The summed E-state index contributed by atoms with van der Waals surface area (Å²) < 4.78 is 6.68. The Kier molecular flexibility index (Phi) is 5.11. The van der Waals surface area contributed by atoms with Crippen LogP contribution in [0.4, 0.5) is 5.13 Å². The Morgan fingerprint density at radius 3 is 2.75 bits per heavy atom. The summed E-state index contributed by atoms with van der Waals surface area (Å²) in [7, 11) is 0. The Balaban J connectivity index is 1.67. The van der Waals surface area contributed by atoms with Crippen molar-refractivity contribution in [3.8, 4) is 5.75 Å². The Morgan fingerprint density at radius 2 is 2.00 bits per heavy atom. The third-order valence-corrected chi connectivity index (χ3v) is 4.58. The number of aryl methyl sites for hydroxylation is 1. The van der Waals surface area contributed by atoms with Gasteiger partial charge in [0.2, 0.25) is 0 Å². The second-order valence-electron chi connectivity index (χ2n) is 5.67. The average molecular weight is 340 g/mol. The first kappa shape index (κ1) is 16.5. The summed E-state index contributed by atoms with van der Waals surface area (Å²) in [5.74, 6) is 0.626. The van der Waals surface area contributed by atoms with Crippen LogP contribution in [0.5, 0.6) is 5.75 Å². The summed E-state index contributed by atoms with van der Waals surface area (Å²) >= 11 is 1.48. The molecular weight excluding hydrogens is 320 g/mol. The molecule has 0 spiro atoms. The van der Waals surface area contributed by atoms with Gasteiger partial charge in [0.15, 0.2) is 5.13 Å². The third-order valence-electron chi connectivity index (χ3n) is 3.65. The topological polar surface area (TPSA) is 51.2 Å². The molecule has 5 heteroatoms. The Bertz CT molecular complexity index is 840. The van der Waals surface area contributed by atoms with E-state index in [-0.39, 0.29) is 5.91 Å². The van der Waals surface area contributed by atoms with E-state index in [9.17, 15) is 4.79 Å². The normalized spacial score (nSPS) is 10.8. The number of hydrogen-bond donors (Lipinski definition) is 1. The van der Waals surface area contributed by atoms with Gasteiger partial charge in [0.05, 0.1) is 16.8 Å². The fourth-order valence-corrected chi connectivity index (χ4v) is 3.25. The minimum atomic E-state index is -0.161. The lowest BCUT2D eigenvalue weighted by Gasteiger charge is -2.06. The van der Waals surface area contributed by atoms with Gasteiger partial charge in [-0.3, -0.25) is 10.1 Å². The lowest BCUT2D eigenvalue weighted by atomic mass is 10.2. The highest BCUT2D eigenvalue weighted by molar-refractivity contribution is 7.22. The van der Waals surface area contributed by atoms with Crippen molar-refractivity contribution in [2.75, 3.05) is 11.9 Å². The molecule has 0 saturated carbocycles. The monoisotopic (exact) mass is 340 g/mol. The number of hydrogen-bond acceptors (Lipinski definition) is 4. The van der Waals surface area contributed by atoms with Crippen molar-refractivity contribution in [2.45, 2.75) is 26.7 Å². The van der Waals surface area contributed by atoms with Crippen molar-refractivity contribution in [3.05, 3.63) is 53.6 Å². The van der Waals surface area contributed by atoms with E-state index in [0.717, 1.165) is 28.8 Å². The number of rotatable bonds is 6. The number of nitrogens with zero attached hydrogens (tertiary/aromatic N) is 1. The van der Waals surface area contributed by atoms with Gasteiger partial charge in [0.1, 0.15) is 5.75 Å². The zero-order valence-electron chi connectivity index (χ0n) is 13.8. The van der Waals surface area contributed by atoms with E-state index in [2.05, 4.69) is 23.3 Å². The van der Waals surface area contributed by atoms with E-state index in [1.165, 1.54) is 16.9 Å². The summed E-state index contributed by atoms with van der Waals surface area (Å²) in [5, 5.41) is 3.48. The predicted octanol–water partition coefficient (Wildman–Crippen LogP) is 5.04. The molecule has 0 radical (unpaired) electrons. The lowest BCUT2D eigenvalue weighted by Crippen LogP contribution is -2.11. The van der Waals surface area contributed by atoms with Crippen LogP contribution in [-0.2, 0) is 0 Å². The number of amides is 1. The van der Waals surface area contributed by atoms with Crippen LogP contribution in [0.15, 0.2) is 42.5 Å².